The molecule has 10 heteroatoms. The molecule has 1 aromatic heterocycles. The van der Waals surface area contributed by atoms with Gasteiger partial charge in [-0.05, 0) is 37.4 Å². The first-order chi connectivity index (χ1) is 13.3. The third-order valence-electron chi connectivity index (χ3n) is 3.93. The lowest BCUT2D eigenvalue weighted by Gasteiger charge is -2.15. The fourth-order valence-corrected chi connectivity index (χ4v) is 3.44. The van der Waals surface area contributed by atoms with E-state index in [1.807, 2.05) is 0 Å². The fourth-order valence-electron chi connectivity index (χ4n) is 2.47. The monoisotopic (exact) mass is 420 g/mol. The van der Waals surface area contributed by atoms with Gasteiger partial charge in [-0.1, -0.05) is 35.0 Å². The number of benzene rings is 2. The van der Waals surface area contributed by atoms with Crippen LogP contribution in [0.4, 0.5) is 0 Å². The van der Waals surface area contributed by atoms with Crippen molar-refractivity contribution in [2.24, 2.45) is 0 Å². The number of rotatable bonds is 6. The first-order valence-electron chi connectivity index (χ1n) is 8.18. The van der Waals surface area contributed by atoms with Crippen LogP contribution in [-0.4, -0.2) is 43.5 Å². The highest BCUT2D eigenvalue weighted by Gasteiger charge is 2.19. The molecular weight excluding hydrogens is 404 g/mol. The summed E-state index contributed by atoms with van der Waals surface area (Å²) >= 11 is 5.96. The molecule has 0 radical (unpaired) electrons. The Morgan fingerprint density at radius 2 is 1.96 bits per heavy atom. The Labute approximate surface area is 167 Å². The van der Waals surface area contributed by atoms with E-state index in [1.54, 1.807) is 37.4 Å². The van der Waals surface area contributed by atoms with E-state index in [2.05, 4.69) is 14.9 Å². The molecule has 2 aromatic carbocycles. The van der Waals surface area contributed by atoms with E-state index in [1.165, 1.54) is 30.1 Å². The Kier molecular flexibility index (Phi) is 5.78. The topological polar surface area (TPSA) is 105 Å². The Morgan fingerprint density at radius 1 is 1.21 bits per heavy atom. The summed E-state index contributed by atoms with van der Waals surface area (Å²) in [5, 5.41) is 4.45. The highest BCUT2D eigenvalue weighted by Crippen LogP contribution is 2.20. The molecule has 0 saturated carbocycles. The van der Waals surface area contributed by atoms with Crippen molar-refractivity contribution in [3.63, 3.8) is 0 Å². The zero-order chi connectivity index (χ0) is 20.3. The molecule has 28 heavy (non-hydrogen) atoms. The molecule has 0 fully saturated rings. The van der Waals surface area contributed by atoms with Crippen LogP contribution in [0.2, 0.25) is 5.02 Å². The van der Waals surface area contributed by atoms with Gasteiger partial charge < -0.3 is 9.42 Å². The van der Waals surface area contributed by atoms with Gasteiger partial charge in [0.05, 0.1) is 11.4 Å². The van der Waals surface area contributed by atoms with Crippen molar-refractivity contribution >= 4 is 27.5 Å². The Balaban J connectivity index is 1.76. The number of aromatic nitrogens is 2. The van der Waals surface area contributed by atoms with Crippen LogP contribution in [0.25, 0.3) is 11.4 Å². The third-order valence-corrected chi connectivity index (χ3v) is 5.58. The van der Waals surface area contributed by atoms with Gasteiger partial charge >= 0.3 is 0 Å². The van der Waals surface area contributed by atoms with Crippen LogP contribution in [-0.2, 0) is 16.6 Å². The van der Waals surface area contributed by atoms with Crippen molar-refractivity contribution in [2.75, 3.05) is 14.1 Å². The highest BCUT2D eigenvalue weighted by molar-refractivity contribution is 7.89. The molecule has 0 saturated heterocycles. The molecule has 146 valence electrons. The minimum absolute atomic E-state index is 0.00952. The molecule has 0 atom stereocenters. The predicted octanol–water partition coefficient (Wildman–Crippen LogP) is 2.57. The quantitative estimate of drug-likeness (QED) is 0.657. The van der Waals surface area contributed by atoms with Gasteiger partial charge in [0, 0.05) is 23.2 Å². The maximum Gasteiger partial charge on any atom is 0.254 e. The lowest BCUT2D eigenvalue weighted by Crippen LogP contribution is -2.27. The summed E-state index contributed by atoms with van der Waals surface area (Å²) in [5.41, 5.74) is 0.926. The number of hydrogen-bond donors (Lipinski definition) is 1. The Hall–Kier alpha value is -2.75. The third kappa shape index (κ3) is 4.38. The predicted molar refractivity (Wildman–Crippen MR) is 103 cm³/mol. The largest absolute Gasteiger partial charge is 0.337 e. The van der Waals surface area contributed by atoms with Crippen molar-refractivity contribution in [3.8, 4) is 11.4 Å². The van der Waals surface area contributed by atoms with Crippen LogP contribution in [0, 0.1) is 0 Å². The van der Waals surface area contributed by atoms with Crippen LogP contribution in [0.5, 0.6) is 0 Å². The molecule has 3 aromatic rings. The summed E-state index contributed by atoms with van der Waals surface area (Å²) in [7, 11) is -0.773. The van der Waals surface area contributed by atoms with E-state index in [0.29, 0.717) is 16.4 Å². The highest BCUT2D eigenvalue weighted by atomic mass is 35.5. The van der Waals surface area contributed by atoms with Crippen LogP contribution in [0.1, 0.15) is 16.2 Å². The lowest BCUT2D eigenvalue weighted by molar-refractivity contribution is 0.0769. The minimum atomic E-state index is -3.64. The summed E-state index contributed by atoms with van der Waals surface area (Å²) in [6, 6.07) is 12.8. The van der Waals surface area contributed by atoms with Crippen molar-refractivity contribution in [2.45, 2.75) is 11.4 Å². The van der Waals surface area contributed by atoms with Gasteiger partial charge in [-0.15, -0.1) is 0 Å². The zero-order valence-corrected chi connectivity index (χ0v) is 16.7. The molecule has 1 amide bonds. The number of sulfonamides is 1. The zero-order valence-electron chi connectivity index (χ0n) is 15.1. The molecule has 1 N–H and O–H groups in total. The molecule has 0 aliphatic carbocycles. The minimum Gasteiger partial charge on any atom is -0.337 e. The number of amides is 1. The molecule has 1 heterocycles. The molecule has 0 aliphatic rings. The molecule has 3 rings (SSSR count). The molecule has 0 bridgehead atoms. The van der Waals surface area contributed by atoms with Gasteiger partial charge in [0.2, 0.25) is 21.7 Å². The van der Waals surface area contributed by atoms with E-state index in [9.17, 15) is 13.2 Å². The van der Waals surface area contributed by atoms with Gasteiger partial charge in [-0.2, -0.15) is 4.98 Å². The van der Waals surface area contributed by atoms with Gasteiger partial charge in [-0.3, -0.25) is 4.79 Å². The van der Waals surface area contributed by atoms with Gasteiger partial charge in [-0.25, -0.2) is 13.1 Å². The van der Waals surface area contributed by atoms with Crippen molar-refractivity contribution < 1.29 is 17.7 Å². The van der Waals surface area contributed by atoms with Crippen LogP contribution >= 0.6 is 11.6 Å². The molecule has 0 aliphatic heterocycles. The number of halogens is 1. The summed E-state index contributed by atoms with van der Waals surface area (Å²) in [6.45, 7) is 0.0649. The van der Waals surface area contributed by atoms with E-state index in [0.717, 1.165) is 0 Å². The summed E-state index contributed by atoms with van der Waals surface area (Å²) in [4.78, 5) is 18.3. The molecular formula is C18H17ClN4O4S. The first kappa shape index (κ1) is 20.0. The maximum absolute atomic E-state index is 12.6. The number of carbonyl (C=O) groups is 1. The second-order valence-corrected chi connectivity index (χ2v) is 8.24. The fraction of sp³-hybridized carbons (Fsp3) is 0.167. The maximum atomic E-state index is 12.6. The number of nitrogens with zero attached hydrogens (tertiary/aromatic N) is 3. The first-order valence-corrected chi connectivity index (χ1v) is 10.0. The average molecular weight is 421 g/mol. The second kappa shape index (κ2) is 8.09. The van der Waals surface area contributed by atoms with Gasteiger partial charge in [0.1, 0.15) is 0 Å². The van der Waals surface area contributed by atoms with E-state index in [-0.39, 0.29) is 28.8 Å². The molecule has 0 unspecified atom stereocenters. The number of hydrogen-bond acceptors (Lipinski definition) is 6. The van der Waals surface area contributed by atoms with E-state index >= 15 is 0 Å². The van der Waals surface area contributed by atoms with Crippen LogP contribution in [0.3, 0.4) is 0 Å². The van der Waals surface area contributed by atoms with Crippen molar-refractivity contribution in [1.82, 2.24) is 19.8 Å². The SMILES string of the molecule is CNS(=O)(=O)c1cccc(C(=O)N(C)Cc2nc(-c3cccc(Cl)c3)no2)c1. The van der Waals surface area contributed by atoms with E-state index in [4.69, 9.17) is 16.1 Å². The normalized spacial score (nSPS) is 11.4. The number of nitrogens with one attached hydrogen (secondary N) is 1. The van der Waals surface area contributed by atoms with Crippen molar-refractivity contribution in [1.29, 1.82) is 0 Å². The summed E-state index contributed by atoms with van der Waals surface area (Å²) in [5.74, 6) is 0.223. The number of carbonyl (C=O) groups excluding carboxylic acids is 1. The Morgan fingerprint density at radius 3 is 2.68 bits per heavy atom. The lowest BCUT2D eigenvalue weighted by atomic mass is 10.2. The van der Waals surface area contributed by atoms with Crippen LogP contribution < -0.4 is 4.72 Å². The standard InChI is InChI=1S/C18H17ClN4O4S/c1-20-28(25,26)15-8-4-6-13(10-15)18(24)23(2)11-16-21-17(22-27-16)12-5-3-7-14(19)9-12/h3-10,20H,11H2,1-2H3. The second-order valence-electron chi connectivity index (χ2n) is 5.92. The van der Waals surface area contributed by atoms with Crippen LogP contribution in [0.15, 0.2) is 57.9 Å². The summed E-state index contributed by atoms with van der Waals surface area (Å²) in [6.07, 6.45) is 0. The average Bonchev–Trinajstić information content (AvgIpc) is 3.16. The smallest absolute Gasteiger partial charge is 0.254 e. The molecule has 0 spiro atoms. The van der Waals surface area contributed by atoms with E-state index < -0.39 is 10.0 Å². The Bertz CT molecular complexity index is 1110. The van der Waals surface area contributed by atoms with Gasteiger partial charge in [0.25, 0.3) is 5.91 Å². The summed E-state index contributed by atoms with van der Waals surface area (Å²) < 4.78 is 31.3. The van der Waals surface area contributed by atoms with Gasteiger partial charge in [0.15, 0.2) is 0 Å². The molecule has 8 nitrogen and oxygen atoms in total. The van der Waals surface area contributed by atoms with Crippen molar-refractivity contribution in [3.05, 3.63) is 65.0 Å².